The second-order valence-electron chi connectivity index (χ2n) is 3.20. The number of benzene rings is 1. The summed E-state index contributed by atoms with van der Waals surface area (Å²) in [7, 11) is 0. The van der Waals surface area contributed by atoms with Crippen molar-refractivity contribution >= 4 is 17.5 Å². The Morgan fingerprint density at radius 2 is 2.14 bits per heavy atom. The SMILES string of the molecule is CC(N)(C(N)=O)c1ccc(F)c(Cl)c1. The van der Waals surface area contributed by atoms with Crippen molar-refractivity contribution in [2.75, 3.05) is 0 Å². The highest BCUT2D eigenvalue weighted by molar-refractivity contribution is 6.30. The molecule has 4 N–H and O–H groups in total. The molecule has 1 amide bonds. The molecule has 0 aromatic heterocycles. The van der Waals surface area contributed by atoms with E-state index in [0.717, 1.165) is 6.07 Å². The van der Waals surface area contributed by atoms with E-state index < -0.39 is 17.3 Å². The Balaban J connectivity index is 3.21. The monoisotopic (exact) mass is 216 g/mol. The third-order valence-corrected chi connectivity index (χ3v) is 2.32. The van der Waals surface area contributed by atoms with Gasteiger partial charge in [0.15, 0.2) is 0 Å². The molecular formula is C9H10ClFN2O. The van der Waals surface area contributed by atoms with Gasteiger partial charge in [-0.1, -0.05) is 17.7 Å². The highest BCUT2D eigenvalue weighted by Gasteiger charge is 2.28. The lowest BCUT2D eigenvalue weighted by Gasteiger charge is -2.21. The topological polar surface area (TPSA) is 69.1 Å². The van der Waals surface area contributed by atoms with Crippen LogP contribution in [0.25, 0.3) is 0 Å². The highest BCUT2D eigenvalue weighted by Crippen LogP contribution is 2.23. The molecule has 0 aliphatic heterocycles. The number of primary amides is 1. The maximum atomic E-state index is 12.8. The van der Waals surface area contributed by atoms with Gasteiger partial charge in [-0.3, -0.25) is 4.79 Å². The lowest BCUT2D eigenvalue weighted by atomic mass is 9.93. The normalized spacial score (nSPS) is 14.9. The Kier molecular flexibility index (Phi) is 2.78. The van der Waals surface area contributed by atoms with E-state index in [9.17, 15) is 9.18 Å². The van der Waals surface area contributed by atoms with E-state index in [2.05, 4.69) is 0 Å². The first-order valence-electron chi connectivity index (χ1n) is 3.90. The highest BCUT2D eigenvalue weighted by atomic mass is 35.5. The summed E-state index contributed by atoms with van der Waals surface area (Å²) in [6, 6.07) is 3.82. The standard InChI is InChI=1S/C9H10ClFN2O/c1-9(13,8(12)14)5-2-3-7(11)6(10)4-5/h2-4H,13H2,1H3,(H2,12,14). The van der Waals surface area contributed by atoms with Crippen LogP contribution >= 0.6 is 11.6 Å². The summed E-state index contributed by atoms with van der Waals surface area (Å²) in [4.78, 5) is 11.0. The van der Waals surface area contributed by atoms with Gasteiger partial charge in [-0.2, -0.15) is 0 Å². The molecule has 0 saturated heterocycles. The van der Waals surface area contributed by atoms with Crippen molar-refractivity contribution in [1.82, 2.24) is 0 Å². The zero-order valence-corrected chi connectivity index (χ0v) is 8.31. The Hall–Kier alpha value is -1.13. The van der Waals surface area contributed by atoms with E-state index in [1.165, 1.54) is 19.1 Å². The van der Waals surface area contributed by atoms with Crippen molar-refractivity contribution in [1.29, 1.82) is 0 Å². The van der Waals surface area contributed by atoms with E-state index >= 15 is 0 Å². The van der Waals surface area contributed by atoms with Crippen LogP contribution < -0.4 is 11.5 Å². The van der Waals surface area contributed by atoms with Gasteiger partial charge < -0.3 is 11.5 Å². The van der Waals surface area contributed by atoms with Crippen molar-refractivity contribution in [3.8, 4) is 0 Å². The fourth-order valence-corrected chi connectivity index (χ4v) is 1.14. The van der Waals surface area contributed by atoms with Crippen LogP contribution in [-0.2, 0) is 10.3 Å². The lowest BCUT2D eigenvalue weighted by Crippen LogP contribution is -2.46. The molecule has 1 unspecified atom stereocenters. The van der Waals surface area contributed by atoms with E-state index in [1.54, 1.807) is 0 Å². The first-order chi connectivity index (χ1) is 6.35. The summed E-state index contributed by atoms with van der Waals surface area (Å²) in [5.41, 5.74) is 9.78. The number of hydrogen-bond acceptors (Lipinski definition) is 2. The van der Waals surface area contributed by atoms with E-state index in [1.807, 2.05) is 0 Å². The zero-order chi connectivity index (χ0) is 10.9. The summed E-state index contributed by atoms with van der Waals surface area (Å²) in [5.74, 6) is -1.25. The van der Waals surface area contributed by atoms with Crippen LogP contribution in [0.2, 0.25) is 5.02 Å². The van der Waals surface area contributed by atoms with Crippen molar-refractivity contribution < 1.29 is 9.18 Å². The van der Waals surface area contributed by atoms with Crippen LogP contribution in [0.4, 0.5) is 4.39 Å². The van der Waals surface area contributed by atoms with Crippen LogP contribution in [0.3, 0.4) is 0 Å². The molecule has 14 heavy (non-hydrogen) atoms. The van der Waals surface area contributed by atoms with Gasteiger partial charge in [-0.25, -0.2) is 4.39 Å². The van der Waals surface area contributed by atoms with Crippen LogP contribution in [-0.4, -0.2) is 5.91 Å². The van der Waals surface area contributed by atoms with Crippen LogP contribution in [0.1, 0.15) is 12.5 Å². The number of hydrogen-bond donors (Lipinski definition) is 2. The third kappa shape index (κ3) is 1.86. The van der Waals surface area contributed by atoms with Crippen LogP contribution in [0.15, 0.2) is 18.2 Å². The molecule has 0 saturated carbocycles. The molecular weight excluding hydrogens is 207 g/mol. The van der Waals surface area contributed by atoms with Gasteiger partial charge >= 0.3 is 0 Å². The van der Waals surface area contributed by atoms with Gasteiger partial charge in [0.25, 0.3) is 0 Å². The second kappa shape index (κ2) is 3.55. The Morgan fingerprint density at radius 1 is 1.57 bits per heavy atom. The zero-order valence-electron chi connectivity index (χ0n) is 7.55. The van der Waals surface area contributed by atoms with Gasteiger partial charge in [0.1, 0.15) is 11.4 Å². The first kappa shape index (κ1) is 10.9. The van der Waals surface area contributed by atoms with Gasteiger partial charge in [0, 0.05) is 0 Å². The van der Waals surface area contributed by atoms with Crippen molar-refractivity contribution in [2.45, 2.75) is 12.5 Å². The predicted octanol–water partition coefficient (Wildman–Crippen LogP) is 1.14. The van der Waals surface area contributed by atoms with E-state index in [0.29, 0.717) is 5.56 Å². The summed E-state index contributed by atoms with van der Waals surface area (Å²) in [6.45, 7) is 1.44. The van der Waals surface area contributed by atoms with Crippen molar-refractivity contribution in [3.05, 3.63) is 34.6 Å². The molecule has 0 radical (unpaired) electrons. The van der Waals surface area contributed by atoms with Crippen molar-refractivity contribution in [2.24, 2.45) is 11.5 Å². The third-order valence-electron chi connectivity index (χ3n) is 2.03. The number of rotatable bonds is 2. The number of carbonyl (C=O) groups is 1. The van der Waals surface area contributed by atoms with E-state index in [-0.39, 0.29) is 5.02 Å². The molecule has 0 fully saturated rings. The molecule has 0 aliphatic rings. The van der Waals surface area contributed by atoms with Gasteiger partial charge in [0.2, 0.25) is 5.91 Å². The minimum atomic E-state index is -1.34. The van der Waals surface area contributed by atoms with E-state index in [4.69, 9.17) is 23.1 Å². The molecule has 0 aliphatic carbocycles. The lowest BCUT2D eigenvalue weighted by molar-refractivity contribution is -0.122. The molecule has 0 heterocycles. The molecule has 76 valence electrons. The van der Waals surface area contributed by atoms with Crippen LogP contribution in [0, 0.1) is 5.82 Å². The second-order valence-corrected chi connectivity index (χ2v) is 3.60. The molecule has 1 aromatic rings. The average Bonchev–Trinajstić information content (AvgIpc) is 2.09. The minimum Gasteiger partial charge on any atom is -0.368 e. The molecule has 3 nitrogen and oxygen atoms in total. The quantitative estimate of drug-likeness (QED) is 0.778. The Morgan fingerprint density at radius 3 is 2.57 bits per heavy atom. The van der Waals surface area contributed by atoms with Gasteiger partial charge in [-0.05, 0) is 24.6 Å². The average molecular weight is 217 g/mol. The fraction of sp³-hybridized carbons (Fsp3) is 0.222. The van der Waals surface area contributed by atoms with Crippen LogP contribution in [0.5, 0.6) is 0 Å². The number of amides is 1. The summed E-state index contributed by atoms with van der Waals surface area (Å²) in [6.07, 6.45) is 0. The summed E-state index contributed by atoms with van der Waals surface area (Å²) >= 11 is 5.54. The predicted molar refractivity (Wildman–Crippen MR) is 52.1 cm³/mol. The van der Waals surface area contributed by atoms with Crippen molar-refractivity contribution in [3.63, 3.8) is 0 Å². The maximum absolute atomic E-state index is 12.8. The largest absolute Gasteiger partial charge is 0.368 e. The Labute approximate surface area is 85.8 Å². The summed E-state index contributed by atoms with van der Waals surface area (Å²) < 4.78 is 12.8. The van der Waals surface area contributed by atoms with Gasteiger partial charge in [-0.15, -0.1) is 0 Å². The first-order valence-corrected chi connectivity index (χ1v) is 4.28. The Bertz CT molecular complexity index is 379. The molecule has 5 heteroatoms. The summed E-state index contributed by atoms with van der Waals surface area (Å²) in [5, 5.41) is -0.0829. The molecule has 1 atom stereocenters. The minimum absolute atomic E-state index is 0.0829. The maximum Gasteiger partial charge on any atom is 0.241 e. The molecule has 1 rings (SSSR count). The number of carbonyl (C=O) groups excluding carboxylic acids is 1. The van der Waals surface area contributed by atoms with Gasteiger partial charge in [0.05, 0.1) is 5.02 Å². The number of halogens is 2. The number of nitrogens with two attached hydrogens (primary N) is 2. The molecule has 0 spiro atoms. The smallest absolute Gasteiger partial charge is 0.241 e. The molecule has 0 bridgehead atoms. The fourth-order valence-electron chi connectivity index (χ4n) is 0.961. The molecule has 1 aromatic carbocycles.